The average Bonchev–Trinajstić information content (AvgIpc) is 3.32. The van der Waals surface area contributed by atoms with Gasteiger partial charge in [-0.25, -0.2) is 18.3 Å². The molecule has 2 aromatic carbocycles. The normalized spacial score (nSPS) is 10.9. The molecule has 0 amide bonds. The van der Waals surface area contributed by atoms with Gasteiger partial charge in [0.1, 0.15) is 11.4 Å². The van der Waals surface area contributed by atoms with Crippen molar-refractivity contribution in [3.05, 3.63) is 73.3 Å². The molecule has 0 radical (unpaired) electrons. The first-order chi connectivity index (χ1) is 16.0. The van der Waals surface area contributed by atoms with Crippen molar-refractivity contribution in [2.45, 2.75) is 14.9 Å². The maximum absolute atomic E-state index is 4.31. The van der Waals surface area contributed by atoms with Crippen LogP contribution in [0.3, 0.4) is 0 Å². The molecular formula is C25H36N10+2. The number of aryl methyl sites for hydroxylation is 4. The molecule has 0 aliphatic rings. The number of hydrogen-bond donors (Lipinski definition) is 2. The van der Waals surface area contributed by atoms with Gasteiger partial charge in [-0.05, 0) is 48.5 Å². The highest BCUT2D eigenvalue weighted by Crippen LogP contribution is 2.20. The molecule has 2 N–H and O–H groups in total. The van der Waals surface area contributed by atoms with Gasteiger partial charge in [0.25, 0.3) is 0 Å². The van der Waals surface area contributed by atoms with Gasteiger partial charge in [-0.2, -0.15) is 0 Å². The Morgan fingerprint density at radius 3 is 1.31 bits per heavy atom. The van der Waals surface area contributed by atoms with Gasteiger partial charge in [0.15, 0.2) is 0 Å². The van der Waals surface area contributed by atoms with E-state index in [0.29, 0.717) is 6.67 Å². The van der Waals surface area contributed by atoms with Crippen LogP contribution in [0.2, 0.25) is 0 Å². The van der Waals surface area contributed by atoms with Crippen LogP contribution < -0.4 is 19.8 Å². The van der Waals surface area contributed by atoms with Crippen molar-refractivity contribution in [1.82, 2.24) is 9.13 Å². The number of anilines is 2. The zero-order valence-corrected chi connectivity index (χ0v) is 19.2. The van der Waals surface area contributed by atoms with Crippen LogP contribution in [-0.4, -0.2) is 15.8 Å². The minimum Gasteiger partial charge on any atom is -0.368 e. The molecule has 35 heavy (non-hydrogen) atoms. The van der Waals surface area contributed by atoms with E-state index in [1.54, 1.807) is 0 Å². The molecule has 4 aromatic rings. The van der Waals surface area contributed by atoms with E-state index in [0.717, 1.165) is 34.6 Å². The predicted octanol–water partition coefficient (Wildman–Crippen LogP) is 5.60. The Hall–Kier alpha value is -4.34. The summed E-state index contributed by atoms with van der Waals surface area (Å²) >= 11 is 0. The lowest BCUT2D eigenvalue weighted by atomic mass is 10.3. The highest BCUT2D eigenvalue weighted by atomic mass is 15.3. The van der Waals surface area contributed by atoms with Crippen molar-refractivity contribution in [3.8, 4) is 0 Å². The molecule has 0 saturated carbocycles. The number of nitrogens with zero attached hydrogens (tertiary/aromatic N) is 8. The van der Waals surface area contributed by atoms with Gasteiger partial charge in [0, 0.05) is 21.6 Å². The number of rotatable bonds is 8. The Kier molecular flexibility index (Phi) is 9.39. The second-order valence-corrected chi connectivity index (χ2v) is 7.66. The molecule has 2 aromatic heterocycles. The molecule has 0 fully saturated rings. The fraction of sp³-hybridized carbons (Fsp3) is 0.280. The van der Waals surface area contributed by atoms with Crippen molar-refractivity contribution in [2.75, 3.05) is 17.3 Å². The number of aromatic nitrogens is 4. The van der Waals surface area contributed by atoms with Crippen LogP contribution in [-0.2, 0) is 28.2 Å². The minimum absolute atomic E-state index is 0. The zero-order valence-electron chi connectivity index (χ0n) is 19.2. The van der Waals surface area contributed by atoms with E-state index in [9.17, 15) is 0 Å². The first kappa shape index (κ1) is 26.9. The number of benzene rings is 2. The summed E-state index contributed by atoms with van der Waals surface area (Å²) in [5.74, 6) is 1.56. The van der Waals surface area contributed by atoms with Crippen molar-refractivity contribution in [3.63, 3.8) is 0 Å². The van der Waals surface area contributed by atoms with Crippen molar-refractivity contribution in [1.29, 1.82) is 0 Å². The third-order valence-electron chi connectivity index (χ3n) is 5.12. The lowest BCUT2D eigenvalue weighted by Crippen LogP contribution is -2.25. The molecule has 0 unspecified atom stereocenters. The van der Waals surface area contributed by atoms with Crippen LogP contribution in [0.1, 0.15) is 14.9 Å². The van der Waals surface area contributed by atoms with Crippen LogP contribution in [0, 0.1) is 0 Å². The summed E-state index contributed by atoms with van der Waals surface area (Å²) in [6.07, 6.45) is 7.76. The van der Waals surface area contributed by atoms with Crippen molar-refractivity contribution >= 4 is 34.6 Å². The monoisotopic (exact) mass is 476 g/mol. The molecule has 184 valence electrons. The number of azo groups is 2. The van der Waals surface area contributed by atoms with Crippen molar-refractivity contribution in [2.24, 2.45) is 48.6 Å². The van der Waals surface area contributed by atoms with Crippen LogP contribution in [0.15, 0.2) is 93.8 Å². The number of nitrogens with one attached hydrogen (secondary N) is 2. The summed E-state index contributed by atoms with van der Waals surface area (Å²) in [5, 5.41) is 23.9. The largest absolute Gasteiger partial charge is 0.421 e. The van der Waals surface area contributed by atoms with E-state index in [-0.39, 0.29) is 14.9 Å². The minimum atomic E-state index is 0. The molecule has 0 atom stereocenters. The predicted molar refractivity (Wildman–Crippen MR) is 140 cm³/mol. The molecule has 4 rings (SSSR count). The van der Waals surface area contributed by atoms with Gasteiger partial charge < -0.3 is 10.6 Å². The Bertz CT molecular complexity index is 1130. The smallest absolute Gasteiger partial charge is 0.368 e. The maximum Gasteiger partial charge on any atom is 0.421 e. The molecule has 2 heterocycles. The van der Waals surface area contributed by atoms with E-state index < -0.39 is 0 Å². The van der Waals surface area contributed by atoms with E-state index >= 15 is 0 Å². The fourth-order valence-electron chi connectivity index (χ4n) is 3.19. The van der Waals surface area contributed by atoms with Gasteiger partial charge in [-0.1, -0.05) is 25.1 Å². The maximum atomic E-state index is 4.31. The van der Waals surface area contributed by atoms with E-state index in [1.807, 2.05) is 120 Å². The van der Waals surface area contributed by atoms with Crippen LogP contribution in [0.25, 0.3) is 0 Å². The standard InChI is InChI=1S/C23H26N10.2CH4/c1-30-13-14-31(2)22(30)28-26-20-9-5-18(6-10-20)24-17-25-19-7-11-21(12-8-19)27-29-23-32(3)15-16-33(23)4;;/h5-16H,17H2,1-4H3;2*1H4/p+2. The lowest BCUT2D eigenvalue weighted by Gasteiger charge is -2.09. The second-order valence-electron chi connectivity index (χ2n) is 7.66. The summed E-state index contributed by atoms with van der Waals surface area (Å²) in [7, 11) is 7.76. The molecule has 0 aliphatic heterocycles. The van der Waals surface area contributed by atoms with E-state index in [4.69, 9.17) is 0 Å². The molecular weight excluding hydrogens is 440 g/mol. The van der Waals surface area contributed by atoms with Crippen LogP contribution in [0.4, 0.5) is 34.6 Å². The lowest BCUT2D eigenvalue weighted by molar-refractivity contribution is -0.657. The Morgan fingerprint density at radius 2 is 1.00 bits per heavy atom. The third kappa shape index (κ3) is 6.83. The van der Waals surface area contributed by atoms with Gasteiger partial charge in [-0.3, -0.25) is 0 Å². The summed E-state index contributed by atoms with van der Waals surface area (Å²) in [4.78, 5) is 0. The summed E-state index contributed by atoms with van der Waals surface area (Å²) in [6, 6.07) is 15.6. The highest BCUT2D eigenvalue weighted by Gasteiger charge is 2.11. The Morgan fingerprint density at radius 1 is 0.629 bits per heavy atom. The molecule has 10 nitrogen and oxygen atoms in total. The Balaban J connectivity index is 0.00000216. The SMILES string of the molecule is C.C.Cn1cc[n+](C)c1N=Nc1ccc(NCNc2ccc(N=Nc3n(C)cc[n+]3C)cc2)cc1. The summed E-state index contributed by atoms with van der Waals surface area (Å²) in [6.45, 7) is 0.583. The molecule has 10 heteroatoms. The first-order valence-electron chi connectivity index (χ1n) is 10.5. The highest BCUT2D eigenvalue weighted by molar-refractivity contribution is 5.54. The third-order valence-corrected chi connectivity index (χ3v) is 5.12. The number of imidazole rings is 2. The van der Waals surface area contributed by atoms with Crippen molar-refractivity contribution < 1.29 is 9.13 Å². The summed E-state index contributed by atoms with van der Waals surface area (Å²) < 4.78 is 7.68. The zero-order chi connectivity index (χ0) is 23.2. The molecule has 0 spiro atoms. The molecule has 0 aliphatic carbocycles. The molecule has 0 saturated heterocycles. The quantitative estimate of drug-likeness (QED) is 0.197. The van der Waals surface area contributed by atoms with Gasteiger partial charge in [0.2, 0.25) is 0 Å². The van der Waals surface area contributed by atoms with Crippen LogP contribution >= 0.6 is 0 Å². The van der Waals surface area contributed by atoms with Gasteiger partial charge in [-0.15, -0.1) is 0 Å². The topological polar surface area (TPSA) is 91.1 Å². The average molecular weight is 477 g/mol. The second kappa shape index (κ2) is 12.2. The van der Waals surface area contributed by atoms with Gasteiger partial charge >= 0.3 is 11.9 Å². The van der Waals surface area contributed by atoms with Gasteiger partial charge in [0.05, 0.1) is 59.6 Å². The van der Waals surface area contributed by atoms with E-state index in [1.165, 1.54) is 0 Å². The number of hydrogen-bond acceptors (Lipinski definition) is 6. The van der Waals surface area contributed by atoms with E-state index in [2.05, 4.69) is 31.1 Å². The van der Waals surface area contributed by atoms with Crippen LogP contribution in [0.5, 0.6) is 0 Å². The fourth-order valence-corrected chi connectivity index (χ4v) is 3.19. The Labute approximate surface area is 207 Å². The summed E-state index contributed by atoms with van der Waals surface area (Å²) in [5.41, 5.74) is 3.57. The molecule has 0 bridgehead atoms. The first-order valence-corrected chi connectivity index (χ1v) is 10.5.